The first kappa shape index (κ1) is 17.6. The van der Waals surface area contributed by atoms with E-state index in [1.165, 1.54) is 25.2 Å². The topological polar surface area (TPSA) is 84.4 Å². The van der Waals surface area contributed by atoms with Crippen molar-refractivity contribution < 1.29 is 14.3 Å². The number of ether oxygens (including phenoxy) is 1. The number of carbonyl (C=O) groups excluding carboxylic acids is 2. The van der Waals surface area contributed by atoms with Crippen LogP contribution in [0.1, 0.15) is 49.0 Å². The van der Waals surface area contributed by atoms with Gasteiger partial charge in [0.1, 0.15) is 5.69 Å². The normalized spacial score (nSPS) is 23.0. The van der Waals surface area contributed by atoms with Crippen molar-refractivity contribution in [1.29, 1.82) is 0 Å². The van der Waals surface area contributed by atoms with Crippen LogP contribution in [0.2, 0.25) is 0 Å². The molecule has 0 saturated heterocycles. The zero-order valence-corrected chi connectivity index (χ0v) is 14.9. The van der Waals surface area contributed by atoms with Gasteiger partial charge < -0.3 is 15.0 Å². The van der Waals surface area contributed by atoms with Gasteiger partial charge in [-0.2, -0.15) is 0 Å². The largest absolute Gasteiger partial charge is 0.476 e. The highest BCUT2D eigenvalue weighted by Gasteiger charge is 2.29. The van der Waals surface area contributed by atoms with Gasteiger partial charge in [-0.1, -0.05) is 6.42 Å². The molecule has 136 valence electrons. The predicted molar refractivity (Wildman–Crippen MR) is 92.2 cm³/mol. The second-order valence-electron chi connectivity index (χ2n) is 7.26. The number of hydrogen-bond acceptors (Lipinski definition) is 5. The third kappa shape index (κ3) is 4.90. The first-order valence-electron chi connectivity index (χ1n) is 9.00. The fourth-order valence-electron chi connectivity index (χ4n) is 3.17. The van der Waals surface area contributed by atoms with Crippen molar-refractivity contribution in [1.82, 2.24) is 20.2 Å². The maximum atomic E-state index is 12.4. The molecule has 2 saturated carbocycles. The van der Waals surface area contributed by atoms with Crippen LogP contribution in [0.3, 0.4) is 0 Å². The quantitative estimate of drug-likeness (QED) is 0.846. The van der Waals surface area contributed by atoms with Gasteiger partial charge in [-0.25, -0.2) is 9.97 Å². The van der Waals surface area contributed by atoms with Crippen LogP contribution in [0, 0.1) is 11.8 Å². The Balaban J connectivity index is 1.51. The summed E-state index contributed by atoms with van der Waals surface area (Å²) in [6, 6.07) is 0.00254. The summed E-state index contributed by atoms with van der Waals surface area (Å²) >= 11 is 0. The molecular formula is C18H26N4O3. The fourth-order valence-corrected chi connectivity index (χ4v) is 3.17. The number of rotatable bonds is 6. The number of hydrogen-bond donors (Lipinski definition) is 1. The van der Waals surface area contributed by atoms with Gasteiger partial charge in [0.15, 0.2) is 0 Å². The highest BCUT2D eigenvalue weighted by molar-refractivity contribution is 5.92. The zero-order chi connectivity index (χ0) is 17.8. The maximum absolute atomic E-state index is 12.4. The summed E-state index contributed by atoms with van der Waals surface area (Å²) in [7, 11) is 3.54. The van der Waals surface area contributed by atoms with Gasteiger partial charge in [-0.3, -0.25) is 9.59 Å². The van der Waals surface area contributed by atoms with E-state index >= 15 is 0 Å². The van der Waals surface area contributed by atoms with Crippen molar-refractivity contribution in [3.8, 4) is 5.88 Å². The van der Waals surface area contributed by atoms with E-state index in [-0.39, 0.29) is 29.5 Å². The molecule has 0 aliphatic heterocycles. The molecule has 7 nitrogen and oxygen atoms in total. The van der Waals surface area contributed by atoms with Crippen LogP contribution in [-0.4, -0.2) is 53.4 Å². The van der Waals surface area contributed by atoms with Gasteiger partial charge in [-0.15, -0.1) is 0 Å². The molecule has 2 fully saturated rings. The molecule has 2 amide bonds. The van der Waals surface area contributed by atoms with Crippen molar-refractivity contribution in [3.63, 3.8) is 0 Å². The molecule has 3 rings (SSSR count). The summed E-state index contributed by atoms with van der Waals surface area (Å²) in [5.41, 5.74) is 0.278. The number of aromatic nitrogens is 2. The lowest BCUT2D eigenvalue weighted by atomic mass is 9.85. The molecule has 2 aliphatic rings. The molecule has 1 N–H and O–H groups in total. The Bertz CT molecular complexity index is 613. The summed E-state index contributed by atoms with van der Waals surface area (Å²) in [6.07, 6.45) is 8.77. The van der Waals surface area contributed by atoms with Crippen LogP contribution in [0.15, 0.2) is 12.4 Å². The minimum atomic E-state index is -0.246. The Labute approximate surface area is 148 Å². The van der Waals surface area contributed by atoms with Gasteiger partial charge in [0.2, 0.25) is 11.8 Å². The average molecular weight is 346 g/mol. The number of carbonyl (C=O) groups is 2. The number of nitrogens with zero attached hydrogens (tertiary/aromatic N) is 3. The first-order valence-corrected chi connectivity index (χ1v) is 9.00. The van der Waals surface area contributed by atoms with Gasteiger partial charge in [0.25, 0.3) is 5.91 Å². The van der Waals surface area contributed by atoms with E-state index in [4.69, 9.17) is 4.74 Å². The van der Waals surface area contributed by atoms with E-state index in [1.807, 2.05) is 0 Å². The molecular weight excluding hydrogens is 320 g/mol. The van der Waals surface area contributed by atoms with Crippen LogP contribution >= 0.6 is 0 Å². The zero-order valence-electron chi connectivity index (χ0n) is 14.9. The lowest BCUT2D eigenvalue weighted by Crippen LogP contribution is -2.42. The summed E-state index contributed by atoms with van der Waals surface area (Å²) < 4.78 is 5.53. The highest BCUT2D eigenvalue weighted by atomic mass is 16.5. The van der Waals surface area contributed by atoms with E-state index in [0.717, 1.165) is 19.3 Å². The Morgan fingerprint density at radius 3 is 2.64 bits per heavy atom. The summed E-state index contributed by atoms with van der Waals surface area (Å²) in [5, 5.41) is 2.99. The third-order valence-corrected chi connectivity index (χ3v) is 4.82. The fraction of sp³-hybridized carbons (Fsp3) is 0.667. The second-order valence-corrected chi connectivity index (χ2v) is 7.26. The van der Waals surface area contributed by atoms with Gasteiger partial charge in [-0.05, 0) is 38.0 Å². The number of amides is 2. The van der Waals surface area contributed by atoms with E-state index in [9.17, 15) is 9.59 Å². The van der Waals surface area contributed by atoms with E-state index < -0.39 is 0 Å². The van der Waals surface area contributed by atoms with Gasteiger partial charge in [0, 0.05) is 26.1 Å². The Morgan fingerprint density at radius 1 is 1.20 bits per heavy atom. The molecule has 2 atom stereocenters. The molecule has 0 radical (unpaired) electrons. The predicted octanol–water partition coefficient (Wildman–Crippen LogP) is 1.64. The molecule has 1 aromatic rings. The van der Waals surface area contributed by atoms with Gasteiger partial charge >= 0.3 is 0 Å². The molecule has 0 unspecified atom stereocenters. The molecule has 0 spiro atoms. The lowest BCUT2D eigenvalue weighted by Gasteiger charge is -2.30. The third-order valence-electron chi connectivity index (χ3n) is 4.82. The summed E-state index contributed by atoms with van der Waals surface area (Å²) in [5.74, 6) is 0.977. The smallest absolute Gasteiger partial charge is 0.271 e. The Kier molecular flexibility index (Phi) is 5.50. The SMILES string of the molecule is CN(C)C(=O)[C@H]1CCC[C@H](NC(=O)c2cnc(OCC3CC3)cn2)C1. The first-order chi connectivity index (χ1) is 12.0. The van der Waals surface area contributed by atoms with E-state index in [0.29, 0.717) is 24.8 Å². The molecule has 0 bridgehead atoms. The molecule has 7 heteroatoms. The summed E-state index contributed by atoms with van der Waals surface area (Å²) in [4.78, 5) is 34.4. The number of nitrogens with one attached hydrogen (secondary N) is 1. The monoisotopic (exact) mass is 346 g/mol. The molecule has 25 heavy (non-hydrogen) atoms. The van der Waals surface area contributed by atoms with Crippen LogP contribution in [-0.2, 0) is 4.79 Å². The Hall–Kier alpha value is -2.18. The van der Waals surface area contributed by atoms with Crippen molar-refractivity contribution in [2.45, 2.75) is 44.6 Å². The minimum Gasteiger partial charge on any atom is -0.476 e. The van der Waals surface area contributed by atoms with E-state index in [1.54, 1.807) is 19.0 Å². The maximum Gasteiger partial charge on any atom is 0.271 e. The minimum absolute atomic E-state index is 0.00254. The average Bonchev–Trinajstić information content (AvgIpc) is 3.44. The standard InChI is InChI=1S/C18H26N4O3/c1-22(2)18(24)13-4-3-5-14(8-13)21-17(23)15-9-20-16(10-19-15)25-11-12-6-7-12/h9-10,12-14H,3-8,11H2,1-2H3,(H,21,23)/t13-,14-/m0/s1. The molecule has 1 aromatic heterocycles. The van der Waals surface area contributed by atoms with E-state index in [2.05, 4.69) is 15.3 Å². The van der Waals surface area contributed by atoms with Crippen molar-refractivity contribution in [2.24, 2.45) is 11.8 Å². The van der Waals surface area contributed by atoms with Crippen LogP contribution in [0.5, 0.6) is 5.88 Å². The summed E-state index contributed by atoms with van der Waals surface area (Å²) in [6.45, 7) is 0.670. The van der Waals surface area contributed by atoms with Crippen molar-refractivity contribution in [3.05, 3.63) is 18.1 Å². The molecule has 2 aliphatic carbocycles. The van der Waals surface area contributed by atoms with Gasteiger partial charge in [0.05, 0.1) is 19.0 Å². The highest BCUT2D eigenvalue weighted by Crippen LogP contribution is 2.29. The van der Waals surface area contributed by atoms with Crippen LogP contribution < -0.4 is 10.1 Å². The van der Waals surface area contributed by atoms with Crippen molar-refractivity contribution >= 4 is 11.8 Å². The van der Waals surface area contributed by atoms with Crippen LogP contribution in [0.25, 0.3) is 0 Å². The Morgan fingerprint density at radius 2 is 2.00 bits per heavy atom. The second kappa shape index (κ2) is 7.80. The molecule has 1 heterocycles. The molecule has 0 aromatic carbocycles. The van der Waals surface area contributed by atoms with Crippen molar-refractivity contribution in [2.75, 3.05) is 20.7 Å². The van der Waals surface area contributed by atoms with Crippen LogP contribution in [0.4, 0.5) is 0 Å². The lowest BCUT2D eigenvalue weighted by molar-refractivity contribution is -0.134.